The van der Waals surface area contributed by atoms with Gasteiger partial charge in [-0.05, 0) is 13.3 Å². The molecule has 108 valence electrons. The molecule has 0 aliphatic rings. The number of aromatic nitrogens is 2. The second-order valence-electron chi connectivity index (χ2n) is 4.53. The summed E-state index contributed by atoms with van der Waals surface area (Å²) in [5, 5.41) is 21.1. The Balaban J connectivity index is 2.46. The van der Waals surface area contributed by atoms with Gasteiger partial charge in [-0.3, -0.25) is 5.32 Å². The Hall–Kier alpha value is -1.21. The molecule has 0 spiro atoms. The number of likely N-dealkylation sites (N-methyl/N-ethyl adjacent to an activating group) is 1. The van der Waals surface area contributed by atoms with E-state index < -0.39 is 0 Å². The van der Waals surface area contributed by atoms with Crippen molar-refractivity contribution >= 4 is 22.5 Å². The topological polar surface area (TPSA) is 78.4 Å². The highest BCUT2D eigenvalue weighted by Gasteiger charge is 2.16. The Kier molecular flexibility index (Phi) is 6.72. The predicted molar refractivity (Wildman–Crippen MR) is 76.5 cm³/mol. The van der Waals surface area contributed by atoms with Gasteiger partial charge in [-0.1, -0.05) is 31.1 Å². The standard InChI is InChI=1S/C12H22N4O2S/c1-4-5-6-7-10-14-15-11(19-10)13-12(18)16(3)9(2)8-17/h9,17H,4-8H2,1-3H3,(H,13,15,18). The monoisotopic (exact) mass is 286 g/mol. The van der Waals surface area contributed by atoms with E-state index in [1.807, 2.05) is 0 Å². The number of anilines is 1. The van der Waals surface area contributed by atoms with Gasteiger partial charge in [-0.15, -0.1) is 10.2 Å². The quantitative estimate of drug-likeness (QED) is 0.753. The van der Waals surface area contributed by atoms with Crippen molar-refractivity contribution in [3.05, 3.63) is 5.01 Å². The number of nitrogens with zero attached hydrogens (tertiary/aromatic N) is 3. The van der Waals surface area contributed by atoms with E-state index in [2.05, 4.69) is 22.4 Å². The second kappa shape index (κ2) is 8.06. The van der Waals surface area contributed by atoms with Crippen molar-refractivity contribution in [3.8, 4) is 0 Å². The summed E-state index contributed by atoms with van der Waals surface area (Å²) in [5.74, 6) is 0. The van der Waals surface area contributed by atoms with Crippen LogP contribution in [0.15, 0.2) is 0 Å². The fourth-order valence-corrected chi connectivity index (χ4v) is 2.20. The summed E-state index contributed by atoms with van der Waals surface area (Å²) in [6.07, 6.45) is 4.36. The van der Waals surface area contributed by atoms with Gasteiger partial charge in [-0.25, -0.2) is 4.79 Å². The lowest BCUT2D eigenvalue weighted by atomic mass is 10.2. The minimum absolute atomic E-state index is 0.0672. The van der Waals surface area contributed by atoms with Crippen LogP contribution in [0, 0.1) is 0 Å². The fraction of sp³-hybridized carbons (Fsp3) is 0.750. The van der Waals surface area contributed by atoms with Gasteiger partial charge >= 0.3 is 6.03 Å². The van der Waals surface area contributed by atoms with Crippen LogP contribution in [0.1, 0.15) is 38.1 Å². The molecule has 0 aliphatic heterocycles. The number of rotatable bonds is 7. The van der Waals surface area contributed by atoms with Gasteiger partial charge in [0.2, 0.25) is 5.13 Å². The van der Waals surface area contributed by atoms with Gasteiger partial charge in [0.05, 0.1) is 12.6 Å². The minimum Gasteiger partial charge on any atom is -0.394 e. The number of aliphatic hydroxyl groups is 1. The number of carbonyl (C=O) groups is 1. The zero-order valence-electron chi connectivity index (χ0n) is 11.7. The summed E-state index contributed by atoms with van der Waals surface area (Å²) >= 11 is 1.41. The average Bonchev–Trinajstić information content (AvgIpc) is 2.84. The first kappa shape index (κ1) is 15.8. The molecule has 0 bridgehead atoms. The molecule has 0 aromatic carbocycles. The van der Waals surface area contributed by atoms with Crippen molar-refractivity contribution in [2.75, 3.05) is 19.0 Å². The average molecular weight is 286 g/mol. The van der Waals surface area contributed by atoms with Crippen molar-refractivity contribution < 1.29 is 9.90 Å². The zero-order valence-corrected chi connectivity index (χ0v) is 12.5. The van der Waals surface area contributed by atoms with E-state index in [4.69, 9.17) is 5.11 Å². The SMILES string of the molecule is CCCCCc1nnc(NC(=O)N(C)C(C)CO)s1. The highest BCUT2D eigenvalue weighted by atomic mass is 32.1. The van der Waals surface area contributed by atoms with Gasteiger partial charge in [0.25, 0.3) is 0 Å². The van der Waals surface area contributed by atoms with Gasteiger partial charge in [0.15, 0.2) is 0 Å². The van der Waals surface area contributed by atoms with Crippen molar-refractivity contribution in [1.29, 1.82) is 0 Å². The van der Waals surface area contributed by atoms with Crippen molar-refractivity contribution in [2.24, 2.45) is 0 Å². The predicted octanol–water partition coefficient (Wildman–Crippen LogP) is 2.12. The lowest BCUT2D eigenvalue weighted by molar-refractivity contribution is 0.166. The highest BCUT2D eigenvalue weighted by molar-refractivity contribution is 7.15. The maximum absolute atomic E-state index is 11.8. The van der Waals surface area contributed by atoms with Crippen LogP contribution in [0.4, 0.5) is 9.93 Å². The molecule has 1 heterocycles. The number of hydrogen-bond acceptors (Lipinski definition) is 5. The molecule has 1 unspecified atom stereocenters. The van der Waals surface area contributed by atoms with Crippen molar-refractivity contribution in [1.82, 2.24) is 15.1 Å². The maximum atomic E-state index is 11.8. The van der Waals surface area contributed by atoms with Crippen LogP contribution in [0.2, 0.25) is 0 Å². The lowest BCUT2D eigenvalue weighted by Gasteiger charge is -2.22. The van der Waals surface area contributed by atoms with E-state index in [9.17, 15) is 4.79 Å². The normalized spacial score (nSPS) is 12.2. The van der Waals surface area contributed by atoms with Crippen LogP contribution in [-0.4, -0.2) is 45.9 Å². The van der Waals surface area contributed by atoms with E-state index in [1.165, 1.54) is 29.1 Å². The molecule has 0 aliphatic carbocycles. The summed E-state index contributed by atoms with van der Waals surface area (Å²) in [6, 6.07) is -0.505. The number of urea groups is 1. The number of aryl methyl sites for hydroxylation is 1. The summed E-state index contributed by atoms with van der Waals surface area (Å²) in [7, 11) is 1.64. The van der Waals surface area contributed by atoms with Crippen LogP contribution in [0.3, 0.4) is 0 Å². The molecule has 2 amide bonds. The van der Waals surface area contributed by atoms with E-state index in [0.717, 1.165) is 17.8 Å². The number of nitrogens with one attached hydrogen (secondary N) is 1. The van der Waals surface area contributed by atoms with Crippen LogP contribution in [0.25, 0.3) is 0 Å². The summed E-state index contributed by atoms with van der Waals surface area (Å²) in [6.45, 7) is 3.86. The van der Waals surface area contributed by atoms with Crippen molar-refractivity contribution in [2.45, 2.75) is 45.6 Å². The van der Waals surface area contributed by atoms with Crippen LogP contribution in [-0.2, 0) is 6.42 Å². The summed E-state index contributed by atoms with van der Waals surface area (Å²) in [5.41, 5.74) is 0. The molecular formula is C12H22N4O2S. The molecule has 6 nitrogen and oxygen atoms in total. The van der Waals surface area contributed by atoms with E-state index in [-0.39, 0.29) is 18.7 Å². The van der Waals surface area contributed by atoms with Crippen molar-refractivity contribution in [3.63, 3.8) is 0 Å². The molecule has 1 rings (SSSR count). The first-order valence-corrected chi connectivity index (χ1v) is 7.37. The molecule has 1 atom stereocenters. The Morgan fingerprint density at radius 3 is 2.84 bits per heavy atom. The minimum atomic E-state index is -0.280. The molecule has 2 N–H and O–H groups in total. The molecule has 0 saturated heterocycles. The molecule has 0 fully saturated rings. The second-order valence-corrected chi connectivity index (χ2v) is 5.59. The Morgan fingerprint density at radius 1 is 1.47 bits per heavy atom. The summed E-state index contributed by atoms with van der Waals surface area (Å²) < 4.78 is 0. The Labute approximate surface area is 117 Å². The number of unbranched alkanes of at least 4 members (excludes halogenated alkanes) is 2. The third-order valence-electron chi connectivity index (χ3n) is 2.92. The largest absolute Gasteiger partial charge is 0.394 e. The number of carbonyl (C=O) groups excluding carboxylic acids is 1. The molecule has 0 radical (unpaired) electrons. The third-order valence-corrected chi connectivity index (χ3v) is 3.82. The van der Waals surface area contributed by atoms with Crippen LogP contribution < -0.4 is 5.32 Å². The smallest absolute Gasteiger partial charge is 0.323 e. The van der Waals surface area contributed by atoms with Gasteiger partial charge in [0.1, 0.15) is 5.01 Å². The fourth-order valence-electron chi connectivity index (χ4n) is 1.43. The number of aliphatic hydroxyl groups excluding tert-OH is 1. The Bertz CT molecular complexity index is 397. The molecule has 19 heavy (non-hydrogen) atoms. The molecule has 0 saturated carbocycles. The highest BCUT2D eigenvalue weighted by Crippen LogP contribution is 2.18. The maximum Gasteiger partial charge on any atom is 0.323 e. The lowest BCUT2D eigenvalue weighted by Crippen LogP contribution is -2.40. The van der Waals surface area contributed by atoms with Gasteiger partial charge in [-0.2, -0.15) is 0 Å². The van der Waals surface area contributed by atoms with Crippen LogP contribution >= 0.6 is 11.3 Å². The van der Waals surface area contributed by atoms with E-state index in [0.29, 0.717) is 5.13 Å². The van der Waals surface area contributed by atoms with Gasteiger partial charge < -0.3 is 10.0 Å². The Morgan fingerprint density at radius 2 is 2.21 bits per heavy atom. The van der Waals surface area contributed by atoms with E-state index >= 15 is 0 Å². The number of hydrogen-bond donors (Lipinski definition) is 2. The first-order valence-electron chi connectivity index (χ1n) is 6.55. The zero-order chi connectivity index (χ0) is 14.3. The molecular weight excluding hydrogens is 264 g/mol. The van der Waals surface area contributed by atoms with Crippen LogP contribution in [0.5, 0.6) is 0 Å². The van der Waals surface area contributed by atoms with E-state index in [1.54, 1.807) is 14.0 Å². The molecule has 1 aromatic rings. The number of amides is 2. The first-order chi connectivity index (χ1) is 9.08. The summed E-state index contributed by atoms with van der Waals surface area (Å²) in [4.78, 5) is 13.3. The molecule has 1 aromatic heterocycles. The molecule has 7 heteroatoms. The third kappa shape index (κ3) is 5.12. The van der Waals surface area contributed by atoms with Gasteiger partial charge in [0, 0.05) is 13.5 Å².